The lowest BCUT2D eigenvalue weighted by Gasteiger charge is -2.15. The van der Waals surface area contributed by atoms with Crippen molar-refractivity contribution in [1.82, 2.24) is 14.5 Å². The molecule has 3 heterocycles. The first-order valence-corrected chi connectivity index (χ1v) is 11.4. The number of para-hydroxylation sites is 1. The van der Waals surface area contributed by atoms with Gasteiger partial charge in [0.25, 0.3) is 0 Å². The number of fused-ring (bicyclic) bond motifs is 1. The zero-order chi connectivity index (χ0) is 22.2. The molecule has 34 heavy (non-hydrogen) atoms. The standard InChI is InChI=1S/C30H17N3O/c1-2-8-19(9-3-1)29-20-11-4-5-12-21(20)31-30(32-29)33-22-13-7-15-25-27(22)28-23(33)17-16-18-10-6-14-24(34-25)26(18)28/h1-17H. The van der Waals surface area contributed by atoms with Gasteiger partial charge in [0.2, 0.25) is 5.95 Å². The van der Waals surface area contributed by atoms with Crippen molar-refractivity contribution in [3.8, 4) is 28.7 Å². The average Bonchev–Trinajstić information content (AvgIpc) is 3.24. The Balaban J connectivity index is 1.56. The van der Waals surface area contributed by atoms with Crippen molar-refractivity contribution in [1.29, 1.82) is 0 Å². The maximum absolute atomic E-state index is 6.34. The highest BCUT2D eigenvalue weighted by molar-refractivity contribution is 6.25. The van der Waals surface area contributed by atoms with Gasteiger partial charge in [-0.3, -0.25) is 4.57 Å². The van der Waals surface area contributed by atoms with E-state index in [1.54, 1.807) is 0 Å². The molecule has 0 atom stereocenters. The summed E-state index contributed by atoms with van der Waals surface area (Å²) in [4.78, 5) is 10.2. The fourth-order valence-corrected chi connectivity index (χ4v) is 5.35. The van der Waals surface area contributed by atoms with Crippen LogP contribution in [0.2, 0.25) is 0 Å². The number of rotatable bonds is 2. The van der Waals surface area contributed by atoms with E-state index >= 15 is 0 Å². The average molecular weight is 435 g/mol. The molecular formula is C30H17N3O. The Morgan fingerprint density at radius 1 is 0.559 bits per heavy atom. The van der Waals surface area contributed by atoms with Crippen LogP contribution in [0.5, 0.6) is 11.5 Å². The van der Waals surface area contributed by atoms with E-state index in [1.807, 2.05) is 54.6 Å². The van der Waals surface area contributed by atoms with E-state index in [4.69, 9.17) is 14.7 Å². The SMILES string of the molecule is c1ccc(-c2nc(-n3c4cccc5c4c4c6c(cccc6ccc43)O5)nc3ccccc23)cc1. The molecule has 158 valence electrons. The first-order valence-electron chi connectivity index (χ1n) is 11.4. The summed E-state index contributed by atoms with van der Waals surface area (Å²) in [6.45, 7) is 0. The van der Waals surface area contributed by atoms with Gasteiger partial charge in [0.1, 0.15) is 11.5 Å². The van der Waals surface area contributed by atoms with Gasteiger partial charge in [-0.1, -0.05) is 72.8 Å². The van der Waals surface area contributed by atoms with Crippen molar-refractivity contribution in [2.24, 2.45) is 0 Å². The van der Waals surface area contributed by atoms with E-state index in [0.717, 1.165) is 55.5 Å². The lowest BCUT2D eigenvalue weighted by atomic mass is 10.0. The van der Waals surface area contributed by atoms with Crippen LogP contribution < -0.4 is 4.74 Å². The highest BCUT2D eigenvalue weighted by Crippen LogP contribution is 2.48. The molecule has 0 radical (unpaired) electrons. The minimum atomic E-state index is 0.661. The maximum Gasteiger partial charge on any atom is 0.235 e. The van der Waals surface area contributed by atoms with Gasteiger partial charge in [-0.15, -0.1) is 0 Å². The molecule has 5 aromatic carbocycles. The number of hydrogen-bond donors (Lipinski definition) is 0. The van der Waals surface area contributed by atoms with Gasteiger partial charge in [-0.25, -0.2) is 9.97 Å². The molecule has 4 nitrogen and oxygen atoms in total. The summed E-state index contributed by atoms with van der Waals surface area (Å²) in [6.07, 6.45) is 0. The Morgan fingerprint density at radius 3 is 2.24 bits per heavy atom. The summed E-state index contributed by atoms with van der Waals surface area (Å²) in [5.74, 6) is 2.43. The predicted molar refractivity (Wildman–Crippen MR) is 137 cm³/mol. The Labute approximate surface area is 194 Å². The van der Waals surface area contributed by atoms with Crippen molar-refractivity contribution in [2.45, 2.75) is 0 Å². The lowest BCUT2D eigenvalue weighted by Crippen LogP contribution is -2.03. The van der Waals surface area contributed by atoms with Gasteiger partial charge in [0.05, 0.1) is 27.6 Å². The van der Waals surface area contributed by atoms with E-state index in [-0.39, 0.29) is 0 Å². The van der Waals surface area contributed by atoms with Crippen LogP contribution in [0.15, 0.2) is 103 Å². The Kier molecular flexibility index (Phi) is 3.36. The van der Waals surface area contributed by atoms with Gasteiger partial charge < -0.3 is 4.74 Å². The van der Waals surface area contributed by atoms with Gasteiger partial charge in [0.15, 0.2) is 0 Å². The molecule has 0 spiro atoms. The monoisotopic (exact) mass is 435 g/mol. The molecule has 4 heteroatoms. The normalized spacial score (nSPS) is 12.4. The second kappa shape index (κ2) is 6.42. The first-order chi connectivity index (χ1) is 16.9. The molecule has 0 saturated heterocycles. The molecule has 1 aliphatic rings. The van der Waals surface area contributed by atoms with Crippen molar-refractivity contribution in [2.75, 3.05) is 0 Å². The minimum absolute atomic E-state index is 0.661. The number of aromatic nitrogens is 3. The van der Waals surface area contributed by atoms with Gasteiger partial charge >= 0.3 is 0 Å². The number of ether oxygens (including phenoxy) is 1. The molecule has 7 aromatic rings. The van der Waals surface area contributed by atoms with Crippen molar-refractivity contribution in [3.05, 3.63) is 103 Å². The maximum atomic E-state index is 6.34. The number of benzene rings is 5. The fraction of sp³-hybridized carbons (Fsp3) is 0. The highest BCUT2D eigenvalue weighted by atomic mass is 16.5. The van der Waals surface area contributed by atoms with E-state index in [1.165, 1.54) is 10.8 Å². The van der Waals surface area contributed by atoms with Gasteiger partial charge in [0, 0.05) is 21.7 Å². The van der Waals surface area contributed by atoms with Crippen LogP contribution in [-0.4, -0.2) is 14.5 Å². The molecule has 2 aromatic heterocycles. The summed E-state index contributed by atoms with van der Waals surface area (Å²) in [5.41, 5.74) is 5.05. The molecule has 0 fully saturated rings. The predicted octanol–water partition coefficient (Wildman–Crippen LogP) is 7.65. The van der Waals surface area contributed by atoms with Crippen LogP contribution in [-0.2, 0) is 0 Å². The third kappa shape index (κ3) is 2.27. The Bertz CT molecular complexity index is 1940. The molecule has 8 rings (SSSR count). The molecule has 0 unspecified atom stereocenters. The van der Waals surface area contributed by atoms with E-state index in [9.17, 15) is 0 Å². The Hall–Kier alpha value is -4.70. The fourth-order valence-electron chi connectivity index (χ4n) is 5.35. The second-order valence-corrected chi connectivity index (χ2v) is 8.66. The lowest BCUT2D eigenvalue weighted by molar-refractivity contribution is 0.493. The summed E-state index contributed by atoms with van der Waals surface area (Å²) in [7, 11) is 0. The zero-order valence-corrected chi connectivity index (χ0v) is 18.1. The molecule has 0 bridgehead atoms. The van der Waals surface area contributed by atoms with Crippen LogP contribution in [0.1, 0.15) is 0 Å². The largest absolute Gasteiger partial charge is 0.456 e. The molecular weight excluding hydrogens is 418 g/mol. The van der Waals surface area contributed by atoms with Crippen LogP contribution in [0.25, 0.3) is 60.7 Å². The molecule has 0 saturated carbocycles. The third-order valence-electron chi connectivity index (χ3n) is 6.78. The molecule has 0 amide bonds. The molecule has 0 aliphatic carbocycles. The summed E-state index contributed by atoms with van der Waals surface area (Å²) in [5, 5.41) is 5.66. The zero-order valence-electron chi connectivity index (χ0n) is 18.1. The van der Waals surface area contributed by atoms with E-state index < -0.39 is 0 Å². The smallest absolute Gasteiger partial charge is 0.235 e. The molecule has 1 aliphatic heterocycles. The third-order valence-corrected chi connectivity index (χ3v) is 6.78. The van der Waals surface area contributed by atoms with Crippen LogP contribution in [0.3, 0.4) is 0 Å². The number of nitrogens with zero attached hydrogens (tertiary/aromatic N) is 3. The number of hydrogen-bond acceptors (Lipinski definition) is 3. The molecule has 0 N–H and O–H groups in total. The first kappa shape index (κ1) is 17.8. The summed E-state index contributed by atoms with van der Waals surface area (Å²) >= 11 is 0. The van der Waals surface area contributed by atoms with E-state index in [0.29, 0.717) is 5.95 Å². The Morgan fingerprint density at radius 2 is 1.32 bits per heavy atom. The quantitative estimate of drug-likeness (QED) is 0.280. The van der Waals surface area contributed by atoms with Crippen molar-refractivity contribution < 1.29 is 4.74 Å². The summed E-state index contributed by atoms with van der Waals surface area (Å²) in [6, 6.07) is 35.3. The summed E-state index contributed by atoms with van der Waals surface area (Å²) < 4.78 is 8.52. The van der Waals surface area contributed by atoms with Crippen LogP contribution in [0.4, 0.5) is 0 Å². The van der Waals surface area contributed by atoms with Gasteiger partial charge in [-0.2, -0.15) is 0 Å². The second-order valence-electron chi connectivity index (χ2n) is 8.66. The van der Waals surface area contributed by atoms with Crippen molar-refractivity contribution in [3.63, 3.8) is 0 Å². The topological polar surface area (TPSA) is 39.9 Å². The highest BCUT2D eigenvalue weighted by Gasteiger charge is 2.25. The van der Waals surface area contributed by atoms with Gasteiger partial charge in [-0.05, 0) is 35.7 Å². The van der Waals surface area contributed by atoms with Crippen molar-refractivity contribution >= 4 is 43.5 Å². The van der Waals surface area contributed by atoms with E-state index in [2.05, 4.69) is 53.1 Å². The van der Waals surface area contributed by atoms with Crippen LogP contribution in [0, 0.1) is 0 Å². The van der Waals surface area contributed by atoms with Crippen LogP contribution >= 0.6 is 0 Å². The minimum Gasteiger partial charge on any atom is -0.456 e.